The van der Waals surface area contributed by atoms with Crippen molar-refractivity contribution < 1.29 is 18.6 Å². The van der Waals surface area contributed by atoms with Crippen molar-refractivity contribution in [1.82, 2.24) is 4.90 Å². The minimum atomic E-state index is -0.305. The number of methoxy groups -OCH3 is 3. The zero-order valence-electron chi connectivity index (χ0n) is 14.2. The van der Waals surface area contributed by atoms with Crippen molar-refractivity contribution in [2.45, 2.75) is 50.0 Å². The number of halogens is 1. The van der Waals surface area contributed by atoms with Gasteiger partial charge < -0.3 is 14.2 Å². The number of nitrogens with zero attached hydrogens (tertiary/aromatic N) is 1. The Kier molecular flexibility index (Phi) is 4.90. The van der Waals surface area contributed by atoms with Gasteiger partial charge in [-0.15, -0.1) is 0 Å². The van der Waals surface area contributed by atoms with Gasteiger partial charge in [0.25, 0.3) is 0 Å². The molecule has 0 amide bonds. The summed E-state index contributed by atoms with van der Waals surface area (Å²) in [6.45, 7) is 1.63. The highest BCUT2D eigenvalue weighted by Gasteiger charge is 2.51. The molecular formula is C18H26FNO3. The SMILES string of the molecule is COc1c(F)cccc1CN1CC[C@]2(OC)CC[C@H](OC)C[C@H]12. The molecule has 4 nitrogen and oxygen atoms in total. The maximum absolute atomic E-state index is 13.9. The summed E-state index contributed by atoms with van der Waals surface area (Å²) >= 11 is 0. The summed E-state index contributed by atoms with van der Waals surface area (Å²) in [6.07, 6.45) is 4.31. The molecule has 5 heteroatoms. The summed E-state index contributed by atoms with van der Waals surface area (Å²) in [5.41, 5.74) is 0.800. The number of hydrogen-bond acceptors (Lipinski definition) is 4. The molecule has 128 valence electrons. The van der Waals surface area contributed by atoms with Crippen LogP contribution in [0, 0.1) is 5.82 Å². The van der Waals surface area contributed by atoms with Crippen LogP contribution in [0.5, 0.6) is 5.75 Å². The Morgan fingerprint density at radius 3 is 2.78 bits per heavy atom. The van der Waals surface area contributed by atoms with Crippen LogP contribution in [0.1, 0.15) is 31.2 Å². The van der Waals surface area contributed by atoms with E-state index in [2.05, 4.69) is 4.90 Å². The van der Waals surface area contributed by atoms with Crippen LogP contribution in [0.15, 0.2) is 18.2 Å². The van der Waals surface area contributed by atoms with Crippen LogP contribution in [0.4, 0.5) is 4.39 Å². The first-order chi connectivity index (χ1) is 11.1. The normalized spacial score (nSPS) is 31.1. The number of likely N-dealkylation sites (tertiary alicyclic amines) is 1. The fraction of sp³-hybridized carbons (Fsp3) is 0.667. The van der Waals surface area contributed by atoms with Gasteiger partial charge >= 0.3 is 0 Å². The Balaban J connectivity index is 1.82. The molecule has 2 aliphatic rings. The summed E-state index contributed by atoms with van der Waals surface area (Å²) in [4.78, 5) is 2.39. The molecule has 0 bridgehead atoms. The molecule has 2 fully saturated rings. The Labute approximate surface area is 137 Å². The smallest absolute Gasteiger partial charge is 0.165 e. The Morgan fingerprint density at radius 1 is 1.26 bits per heavy atom. The van der Waals surface area contributed by atoms with Gasteiger partial charge in [-0.05, 0) is 31.7 Å². The zero-order valence-corrected chi connectivity index (χ0v) is 14.2. The number of para-hydroxylation sites is 1. The number of hydrogen-bond donors (Lipinski definition) is 0. The lowest BCUT2D eigenvalue weighted by atomic mass is 9.79. The second-order valence-corrected chi connectivity index (χ2v) is 6.57. The van der Waals surface area contributed by atoms with Crippen LogP contribution in [-0.2, 0) is 16.0 Å². The van der Waals surface area contributed by atoms with Gasteiger partial charge in [-0.3, -0.25) is 4.90 Å². The Hall–Kier alpha value is -1.17. The standard InChI is InChI=1S/C18H26FNO3/c1-21-14-7-8-18(23-3)9-10-20(16(18)11-14)12-13-5-4-6-15(19)17(13)22-2/h4-6,14,16H,7-12H2,1-3H3/t14-,16-,18+/m0/s1. The van der Waals surface area contributed by atoms with Crippen molar-refractivity contribution in [3.63, 3.8) is 0 Å². The number of ether oxygens (including phenoxy) is 3. The summed E-state index contributed by atoms with van der Waals surface area (Å²) in [7, 11) is 5.11. The number of fused-ring (bicyclic) bond motifs is 1. The lowest BCUT2D eigenvalue weighted by molar-refractivity contribution is -0.0947. The fourth-order valence-corrected chi connectivity index (χ4v) is 4.28. The molecule has 3 rings (SSSR count). The van der Waals surface area contributed by atoms with E-state index in [1.54, 1.807) is 13.2 Å². The van der Waals surface area contributed by atoms with Crippen LogP contribution < -0.4 is 4.74 Å². The molecule has 0 N–H and O–H groups in total. The topological polar surface area (TPSA) is 30.9 Å². The van der Waals surface area contributed by atoms with Crippen molar-refractivity contribution in [3.8, 4) is 5.75 Å². The van der Waals surface area contributed by atoms with Crippen molar-refractivity contribution in [3.05, 3.63) is 29.6 Å². The molecule has 1 aromatic carbocycles. The lowest BCUT2D eigenvalue weighted by Crippen LogP contribution is -2.51. The van der Waals surface area contributed by atoms with E-state index in [1.165, 1.54) is 13.2 Å². The van der Waals surface area contributed by atoms with Gasteiger partial charge in [0.2, 0.25) is 0 Å². The molecule has 1 heterocycles. The minimum absolute atomic E-state index is 0.0877. The summed E-state index contributed by atoms with van der Waals surface area (Å²) in [6, 6.07) is 5.42. The molecular weight excluding hydrogens is 297 g/mol. The van der Waals surface area contributed by atoms with Crippen molar-refractivity contribution in [2.75, 3.05) is 27.9 Å². The van der Waals surface area contributed by atoms with Gasteiger partial charge in [0.1, 0.15) is 0 Å². The van der Waals surface area contributed by atoms with Crippen molar-refractivity contribution in [1.29, 1.82) is 0 Å². The number of benzene rings is 1. The van der Waals surface area contributed by atoms with Gasteiger partial charge in [-0.25, -0.2) is 4.39 Å². The highest BCUT2D eigenvalue weighted by molar-refractivity contribution is 5.35. The van der Waals surface area contributed by atoms with Crippen molar-refractivity contribution in [2.24, 2.45) is 0 Å². The van der Waals surface area contributed by atoms with E-state index < -0.39 is 0 Å². The van der Waals surface area contributed by atoms with E-state index in [9.17, 15) is 4.39 Å². The fourth-order valence-electron chi connectivity index (χ4n) is 4.28. The van der Waals surface area contributed by atoms with E-state index in [4.69, 9.17) is 14.2 Å². The van der Waals surface area contributed by atoms with Crippen LogP contribution in [-0.4, -0.2) is 50.5 Å². The third-order valence-corrected chi connectivity index (χ3v) is 5.61. The van der Waals surface area contributed by atoms with Gasteiger partial charge in [-0.2, -0.15) is 0 Å². The maximum Gasteiger partial charge on any atom is 0.165 e. The lowest BCUT2D eigenvalue weighted by Gasteiger charge is -2.43. The third kappa shape index (κ3) is 2.97. The van der Waals surface area contributed by atoms with Crippen molar-refractivity contribution >= 4 is 0 Å². The Bertz CT molecular complexity index is 553. The molecule has 0 radical (unpaired) electrons. The second kappa shape index (κ2) is 6.75. The molecule has 23 heavy (non-hydrogen) atoms. The summed E-state index contributed by atoms with van der Waals surface area (Å²) < 4.78 is 30.7. The molecule has 1 aromatic rings. The minimum Gasteiger partial charge on any atom is -0.493 e. The molecule has 1 saturated carbocycles. The van der Waals surface area contributed by atoms with E-state index >= 15 is 0 Å². The van der Waals surface area contributed by atoms with E-state index in [0.29, 0.717) is 18.3 Å². The van der Waals surface area contributed by atoms with Gasteiger partial charge in [0, 0.05) is 38.9 Å². The highest BCUT2D eigenvalue weighted by Crippen LogP contribution is 2.44. The van der Waals surface area contributed by atoms with Gasteiger partial charge in [0.15, 0.2) is 11.6 Å². The van der Waals surface area contributed by atoms with E-state index in [-0.39, 0.29) is 17.5 Å². The predicted octanol–water partition coefficient (Wildman–Crippen LogP) is 2.99. The number of rotatable bonds is 5. The molecule has 1 aliphatic carbocycles. The molecule has 0 unspecified atom stereocenters. The van der Waals surface area contributed by atoms with Gasteiger partial charge in [0.05, 0.1) is 18.8 Å². The molecule has 3 atom stereocenters. The monoisotopic (exact) mass is 323 g/mol. The molecule has 1 saturated heterocycles. The van der Waals surface area contributed by atoms with Gasteiger partial charge in [-0.1, -0.05) is 12.1 Å². The molecule has 0 spiro atoms. The first-order valence-corrected chi connectivity index (χ1v) is 8.27. The van der Waals surface area contributed by atoms with Crippen LogP contribution in [0.3, 0.4) is 0 Å². The predicted molar refractivity (Wildman–Crippen MR) is 86.2 cm³/mol. The first kappa shape index (κ1) is 16.7. The van der Waals surface area contributed by atoms with Crippen LogP contribution >= 0.6 is 0 Å². The van der Waals surface area contributed by atoms with Crippen LogP contribution in [0.25, 0.3) is 0 Å². The molecule has 0 aromatic heterocycles. The highest BCUT2D eigenvalue weighted by atomic mass is 19.1. The first-order valence-electron chi connectivity index (χ1n) is 8.27. The molecule has 1 aliphatic heterocycles. The largest absolute Gasteiger partial charge is 0.493 e. The quantitative estimate of drug-likeness (QED) is 0.833. The zero-order chi connectivity index (χ0) is 16.4. The average molecular weight is 323 g/mol. The Morgan fingerprint density at radius 2 is 2.09 bits per heavy atom. The third-order valence-electron chi connectivity index (χ3n) is 5.61. The second-order valence-electron chi connectivity index (χ2n) is 6.57. The van der Waals surface area contributed by atoms with E-state index in [1.807, 2.05) is 13.2 Å². The summed E-state index contributed by atoms with van der Waals surface area (Å²) in [5.74, 6) is 0.0436. The maximum atomic E-state index is 13.9. The summed E-state index contributed by atoms with van der Waals surface area (Å²) in [5, 5.41) is 0. The van der Waals surface area contributed by atoms with E-state index in [0.717, 1.165) is 37.8 Å². The van der Waals surface area contributed by atoms with Crippen LogP contribution in [0.2, 0.25) is 0 Å². The average Bonchev–Trinajstić information content (AvgIpc) is 2.93.